The number of nitrogens with two attached hydrogens (primary N) is 1. The van der Waals surface area contributed by atoms with Crippen molar-refractivity contribution in [2.75, 3.05) is 12.4 Å². The smallest absolute Gasteiger partial charge is 0.158 e. The molecule has 19 heavy (non-hydrogen) atoms. The lowest BCUT2D eigenvalue weighted by atomic mass is 10.1. The average Bonchev–Trinajstić information content (AvgIpc) is 2.27. The molecule has 108 valence electrons. The Morgan fingerprint density at radius 1 is 1.26 bits per heavy atom. The van der Waals surface area contributed by atoms with E-state index in [-0.39, 0.29) is 18.4 Å². The van der Waals surface area contributed by atoms with E-state index >= 15 is 0 Å². The van der Waals surface area contributed by atoms with Gasteiger partial charge in [-0.15, -0.1) is 0 Å². The van der Waals surface area contributed by atoms with Crippen LogP contribution in [-0.2, 0) is 9.84 Å². The van der Waals surface area contributed by atoms with Gasteiger partial charge in [-0.05, 0) is 33.8 Å². The van der Waals surface area contributed by atoms with E-state index in [4.69, 9.17) is 10.5 Å². The maximum atomic E-state index is 12.0. The number of hydrogen-bond acceptors (Lipinski definition) is 4. The van der Waals surface area contributed by atoms with Crippen LogP contribution >= 0.6 is 0 Å². The molecule has 1 rings (SSSR count). The van der Waals surface area contributed by atoms with Gasteiger partial charge in [0.05, 0.1) is 10.5 Å². The van der Waals surface area contributed by atoms with E-state index in [0.29, 0.717) is 5.75 Å². The Balaban J connectivity index is 2.70. The highest BCUT2D eigenvalue weighted by atomic mass is 32.2. The molecule has 2 N–H and O–H groups in total. The summed E-state index contributed by atoms with van der Waals surface area (Å²) in [6.45, 7) is 7.09. The first-order valence-electron chi connectivity index (χ1n) is 6.35. The quantitative estimate of drug-likeness (QED) is 0.901. The number of hydrogen-bond donors (Lipinski definition) is 1. The molecule has 4 nitrogen and oxygen atoms in total. The van der Waals surface area contributed by atoms with Crippen LogP contribution in [0.4, 0.5) is 0 Å². The summed E-state index contributed by atoms with van der Waals surface area (Å²) in [6, 6.07) is 7.29. The van der Waals surface area contributed by atoms with Gasteiger partial charge >= 0.3 is 0 Å². The van der Waals surface area contributed by atoms with Crippen LogP contribution in [0.3, 0.4) is 0 Å². The van der Waals surface area contributed by atoms with Crippen molar-refractivity contribution in [1.82, 2.24) is 0 Å². The van der Waals surface area contributed by atoms with Crippen molar-refractivity contribution in [3.63, 3.8) is 0 Å². The molecule has 0 unspecified atom stereocenters. The lowest BCUT2D eigenvalue weighted by molar-refractivity contribution is 0.334. The van der Waals surface area contributed by atoms with Gasteiger partial charge in [0.1, 0.15) is 12.4 Å². The van der Waals surface area contributed by atoms with Gasteiger partial charge < -0.3 is 10.5 Å². The van der Waals surface area contributed by atoms with Crippen molar-refractivity contribution in [3.05, 3.63) is 29.8 Å². The Morgan fingerprint density at radius 3 is 2.37 bits per heavy atom. The molecule has 0 saturated heterocycles. The SMILES string of the molecule is C[C@@H](N)c1ccccc1OCCS(=O)(=O)C(C)(C)C. The summed E-state index contributed by atoms with van der Waals surface area (Å²) in [5.74, 6) is 0.658. The summed E-state index contributed by atoms with van der Waals surface area (Å²) in [4.78, 5) is 0. The Bertz CT molecular complexity index is 516. The fraction of sp³-hybridized carbons (Fsp3) is 0.571. The Labute approximate surface area is 115 Å². The molecule has 0 aliphatic carbocycles. The summed E-state index contributed by atoms with van der Waals surface area (Å²) in [7, 11) is -3.16. The van der Waals surface area contributed by atoms with Gasteiger partial charge in [-0.1, -0.05) is 18.2 Å². The molecule has 0 aliphatic rings. The van der Waals surface area contributed by atoms with Gasteiger partial charge in [0.25, 0.3) is 0 Å². The largest absolute Gasteiger partial charge is 0.492 e. The van der Waals surface area contributed by atoms with E-state index in [0.717, 1.165) is 5.56 Å². The molecule has 0 fully saturated rings. The molecule has 0 aromatic heterocycles. The van der Waals surface area contributed by atoms with Crippen molar-refractivity contribution in [2.24, 2.45) is 5.73 Å². The highest BCUT2D eigenvalue weighted by Crippen LogP contribution is 2.23. The average molecular weight is 285 g/mol. The lowest BCUT2D eigenvalue weighted by Gasteiger charge is -2.20. The van der Waals surface area contributed by atoms with Gasteiger partial charge in [0, 0.05) is 11.6 Å². The molecular weight excluding hydrogens is 262 g/mol. The summed E-state index contributed by atoms with van der Waals surface area (Å²) < 4.78 is 28.7. The van der Waals surface area contributed by atoms with Gasteiger partial charge in [-0.3, -0.25) is 0 Å². The molecule has 0 saturated carbocycles. The van der Waals surface area contributed by atoms with Crippen LogP contribution < -0.4 is 10.5 Å². The predicted octanol–water partition coefficient (Wildman–Crippen LogP) is 2.30. The number of sulfone groups is 1. The lowest BCUT2D eigenvalue weighted by Crippen LogP contribution is -2.32. The minimum absolute atomic E-state index is 0.00376. The maximum absolute atomic E-state index is 12.0. The van der Waals surface area contributed by atoms with Gasteiger partial charge in [-0.2, -0.15) is 0 Å². The Kier molecular flexibility index (Phi) is 4.98. The normalized spacial score (nSPS) is 14.2. The second-order valence-corrected chi connectivity index (χ2v) is 8.47. The molecule has 5 heteroatoms. The third-order valence-corrected chi connectivity index (χ3v) is 5.52. The third kappa shape index (κ3) is 4.21. The molecule has 0 heterocycles. The molecule has 0 aliphatic heterocycles. The topological polar surface area (TPSA) is 69.4 Å². The molecule has 1 aromatic rings. The predicted molar refractivity (Wildman–Crippen MR) is 78.1 cm³/mol. The van der Waals surface area contributed by atoms with Crippen molar-refractivity contribution in [3.8, 4) is 5.75 Å². The van der Waals surface area contributed by atoms with Crippen LogP contribution in [0, 0.1) is 0 Å². The third-order valence-electron chi connectivity index (χ3n) is 2.95. The molecule has 0 radical (unpaired) electrons. The van der Waals surface area contributed by atoms with Crippen molar-refractivity contribution < 1.29 is 13.2 Å². The second-order valence-electron chi connectivity index (χ2n) is 5.61. The van der Waals surface area contributed by atoms with Gasteiger partial charge in [-0.25, -0.2) is 8.42 Å². The first kappa shape index (κ1) is 16.0. The summed E-state index contributed by atoms with van der Waals surface area (Å²) >= 11 is 0. The van der Waals surface area contributed by atoms with E-state index < -0.39 is 14.6 Å². The van der Waals surface area contributed by atoms with Crippen LogP contribution in [0.1, 0.15) is 39.3 Å². The number of ether oxygens (including phenoxy) is 1. The van der Waals surface area contributed by atoms with Crippen LogP contribution in [0.25, 0.3) is 0 Å². The number of para-hydroxylation sites is 1. The van der Waals surface area contributed by atoms with Crippen LogP contribution in [-0.4, -0.2) is 25.5 Å². The second kappa shape index (κ2) is 5.92. The zero-order chi connectivity index (χ0) is 14.7. The zero-order valence-electron chi connectivity index (χ0n) is 12.0. The van der Waals surface area contributed by atoms with E-state index in [9.17, 15) is 8.42 Å². The van der Waals surface area contributed by atoms with Crippen molar-refractivity contribution >= 4 is 9.84 Å². The maximum Gasteiger partial charge on any atom is 0.158 e. The van der Waals surface area contributed by atoms with E-state index in [1.807, 2.05) is 31.2 Å². The zero-order valence-corrected chi connectivity index (χ0v) is 12.8. The molecule has 0 bridgehead atoms. The van der Waals surface area contributed by atoms with Crippen LogP contribution in [0.5, 0.6) is 5.75 Å². The highest BCUT2D eigenvalue weighted by molar-refractivity contribution is 7.92. The first-order valence-corrected chi connectivity index (χ1v) is 8.00. The molecule has 1 aromatic carbocycles. The standard InChI is InChI=1S/C14H23NO3S/c1-11(15)12-7-5-6-8-13(12)18-9-10-19(16,17)14(2,3)4/h5-8,11H,9-10,15H2,1-4H3/t11-/m1/s1. The monoisotopic (exact) mass is 285 g/mol. The first-order chi connectivity index (χ1) is 8.65. The minimum Gasteiger partial charge on any atom is -0.492 e. The van der Waals surface area contributed by atoms with Crippen LogP contribution in [0.15, 0.2) is 24.3 Å². The Morgan fingerprint density at radius 2 is 1.84 bits per heavy atom. The molecule has 0 spiro atoms. The molecule has 0 amide bonds. The molecule has 1 atom stereocenters. The van der Waals surface area contributed by atoms with E-state index in [1.165, 1.54) is 0 Å². The van der Waals surface area contributed by atoms with E-state index in [2.05, 4.69) is 0 Å². The van der Waals surface area contributed by atoms with Gasteiger partial charge in [0.2, 0.25) is 0 Å². The van der Waals surface area contributed by atoms with Crippen molar-refractivity contribution in [2.45, 2.75) is 38.5 Å². The number of rotatable bonds is 5. The summed E-state index contributed by atoms with van der Waals surface area (Å²) in [6.07, 6.45) is 0. The Hall–Kier alpha value is -1.07. The van der Waals surface area contributed by atoms with Crippen molar-refractivity contribution in [1.29, 1.82) is 0 Å². The fourth-order valence-electron chi connectivity index (χ4n) is 1.56. The summed E-state index contributed by atoms with van der Waals surface area (Å²) in [5, 5.41) is 0. The van der Waals surface area contributed by atoms with Crippen LogP contribution in [0.2, 0.25) is 0 Å². The molecular formula is C14H23NO3S. The fourth-order valence-corrected chi connectivity index (χ4v) is 2.47. The minimum atomic E-state index is -3.16. The highest BCUT2D eigenvalue weighted by Gasteiger charge is 2.28. The summed E-state index contributed by atoms with van der Waals surface area (Å²) in [5.41, 5.74) is 6.73. The number of benzene rings is 1. The van der Waals surface area contributed by atoms with Gasteiger partial charge in [0.15, 0.2) is 9.84 Å². The van der Waals surface area contributed by atoms with E-state index in [1.54, 1.807) is 20.8 Å².